The number of alkyl halides is 2. The van der Waals surface area contributed by atoms with Gasteiger partial charge in [-0.3, -0.25) is 4.90 Å². The van der Waals surface area contributed by atoms with Gasteiger partial charge in [0.1, 0.15) is 12.4 Å². The Morgan fingerprint density at radius 1 is 1.14 bits per heavy atom. The summed E-state index contributed by atoms with van der Waals surface area (Å²) >= 11 is 6.65. The normalized spacial score (nSPS) is 20.3. The van der Waals surface area contributed by atoms with Crippen LogP contribution >= 0.6 is 11.6 Å². The van der Waals surface area contributed by atoms with Crippen LogP contribution in [0.1, 0.15) is 30.5 Å². The molecule has 2 aromatic carbocycles. The molecule has 0 radical (unpaired) electrons. The molecular weight excluding hydrogens is 592 g/mol. The monoisotopic (exact) mass is 625 g/mol. The van der Waals surface area contributed by atoms with E-state index in [2.05, 4.69) is 11.0 Å². The smallest absolute Gasteiger partial charge is 0.407 e. The fraction of sp³-hybridized carbons (Fsp3) is 0.484. The van der Waals surface area contributed by atoms with Gasteiger partial charge in [0.15, 0.2) is 0 Å². The molecule has 0 bridgehead atoms. The van der Waals surface area contributed by atoms with E-state index in [4.69, 9.17) is 26.3 Å². The van der Waals surface area contributed by atoms with E-state index in [0.717, 1.165) is 27.7 Å². The minimum absolute atomic E-state index is 0.0650. The van der Waals surface area contributed by atoms with Crippen molar-refractivity contribution >= 4 is 40.0 Å². The van der Waals surface area contributed by atoms with Crippen molar-refractivity contribution in [3.8, 4) is 12.1 Å². The number of benzene rings is 2. The van der Waals surface area contributed by atoms with Gasteiger partial charge in [0.05, 0.1) is 42.3 Å². The quantitative estimate of drug-likeness (QED) is 0.386. The lowest BCUT2D eigenvalue weighted by Crippen LogP contribution is -2.55. The fourth-order valence-electron chi connectivity index (χ4n) is 6.54. The van der Waals surface area contributed by atoms with E-state index in [0.29, 0.717) is 63.0 Å². The summed E-state index contributed by atoms with van der Waals surface area (Å²) in [6.45, 7) is 2.90. The van der Waals surface area contributed by atoms with Crippen LogP contribution < -0.4 is 14.5 Å². The number of hydrogen-bond donors (Lipinski definition) is 1. The predicted molar refractivity (Wildman–Crippen MR) is 163 cm³/mol. The molecule has 6 rings (SSSR count). The number of anilines is 2. The van der Waals surface area contributed by atoms with E-state index >= 15 is 0 Å². The Kier molecular flexibility index (Phi) is 8.60. The summed E-state index contributed by atoms with van der Waals surface area (Å²) in [5.41, 5.74) is 2.73. The van der Waals surface area contributed by atoms with Crippen LogP contribution in [0, 0.1) is 11.3 Å². The number of nitriles is 1. The molecule has 0 saturated carbocycles. The van der Waals surface area contributed by atoms with Crippen LogP contribution in [0.2, 0.25) is 5.02 Å². The van der Waals surface area contributed by atoms with E-state index in [1.165, 1.54) is 4.90 Å². The molecule has 44 heavy (non-hydrogen) atoms. The first-order chi connectivity index (χ1) is 21.2. The molecule has 13 heteroatoms. The van der Waals surface area contributed by atoms with Gasteiger partial charge < -0.3 is 24.5 Å². The van der Waals surface area contributed by atoms with Crippen molar-refractivity contribution in [1.82, 2.24) is 19.8 Å². The maximum absolute atomic E-state index is 13.9. The molecule has 1 atom stereocenters. The van der Waals surface area contributed by atoms with Crippen LogP contribution in [0.25, 0.3) is 10.8 Å². The van der Waals surface area contributed by atoms with E-state index in [9.17, 15) is 23.9 Å². The lowest BCUT2D eigenvalue weighted by atomic mass is 10.0. The second kappa shape index (κ2) is 12.6. The maximum atomic E-state index is 13.9. The average molecular weight is 626 g/mol. The predicted octanol–water partition coefficient (Wildman–Crippen LogP) is 5.04. The number of carboxylic acid groups (broad SMARTS) is 1. The third-order valence-electron chi connectivity index (χ3n) is 8.66. The molecule has 2 saturated heterocycles. The summed E-state index contributed by atoms with van der Waals surface area (Å²) in [5.74, 6) is -2.03. The van der Waals surface area contributed by atoms with Gasteiger partial charge >= 0.3 is 12.1 Å². The highest BCUT2D eigenvalue weighted by molar-refractivity contribution is 6.36. The van der Waals surface area contributed by atoms with Crippen molar-refractivity contribution in [2.24, 2.45) is 0 Å². The number of nitrogens with zero attached hydrogens (tertiary/aromatic N) is 7. The molecule has 2 fully saturated rings. The Bertz CT molecular complexity index is 1580. The van der Waals surface area contributed by atoms with E-state index in [1.807, 2.05) is 41.3 Å². The largest absolute Gasteiger partial charge is 0.465 e. The SMILES string of the molecule is N#CC[C@H]1CN(c2nc(OCCN3CCCC(F)(F)C3)nc3c2CCN(c2cccc4cccc(Cl)c24)C3)CCN1C(=O)O. The van der Waals surface area contributed by atoms with Crippen molar-refractivity contribution in [2.45, 2.75) is 44.2 Å². The summed E-state index contributed by atoms with van der Waals surface area (Å²) in [7, 11) is 0. The first-order valence-electron chi connectivity index (χ1n) is 14.9. The zero-order valence-corrected chi connectivity index (χ0v) is 25.0. The van der Waals surface area contributed by atoms with Crippen molar-refractivity contribution in [1.29, 1.82) is 5.26 Å². The van der Waals surface area contributed by atoms with Crippen LogP contribution in [0.3, 0.4) is 0 Å². The van der Waals surface area contributed by atoms with E-state index < -0.39 is 18.1 Å². The van der Waals surface area contributed by atoms with Gasteiger partial charge in [0, 0.05) is 55.8 Å². The van der Waals surface area contributed by atoms with Crippen LogP contribution in [0.5, 0.6) is 6.01 Å². The highest BCUT2D eigenvalue weighted by atomic mass is 35.5. The molecule has 3 aromatic rings. The Morgan fingerprint density at radius 2 is 1.95 bits per heavy atom. The summed E-state index contributed by atoms with van der Waals surface area (Å²) in [6, 6.07) is 13.7. The zero-order chi connectivity index (χ0) is 30.8. The number of fused-ring (bicyclic) bond motifs is 2. The molecule has 0 spiro atoms. The third kappa shape index (κ3) is 6.30. The number of carbonyl (C=O) groups is 1. The Hall–Kier alpha value is -3.95. The van der Waals surface area contributed by atoms with Gasteiger partial charge in [0.25, 0.3) is 5.92 Å². The molecule has 232 valence electrons. The van der Waals surface area contributed by atoms with Crippen LogP contribution in [0.15, 0.2) is 36.4 Å². The minimum Gasteiger partial charge on any atom is -0.465 e. The van der Waals surface area contributed by atoms with E-state index in [1.54, 1.807) is 4.90 Å². The first kappa shape index (κ1) is 30.1. The summed E-state index contributed by atoms with van der Waals surface area (Å²) in [4.78, 5) is 28.7. The Labute approximate surface area is 259 Å². The highest BCUT2D eigenvalue weighted by Crippen LogP contribution is 2.37. The number of piperidine rings is 1. The standard InChI is InChI=1S/C31H34ClF2N7O3/c32-24-6-1-4-21-5-2-7-26(27(21)24)39-13-9-23-25(19-39)36-29(44-17-16-38-12-3-10-31(33,34)20-38)37-28(23)40-14-15-41(30(42)43)22(18-40)8-11-35/h1-2,4-7,22H,3,8-10,12-20H2,(H,42,43)/t22-/m0/s1. The third-order valence-corrected chi connectivity index (χ3v) is 8.98. The van der Waals surface area contributed by atoms with Gasteiger partial charge in [-0.15, -0.1) is 0 Å². The Balaban J connectivity index is 1.29. The molecular formula is C31H34ClF2N7O3. The zero-order valence-electron chi connectivity index (χ0n) is 24.3. The van der Waals surface area contributed by atoms with Gasteiger partial charge in [-0.05, 0) is 36.9 Å². The average Bonchev–Trinajstić information content (AvgIpc) is 3.00. The molecule has 4 heterocycles. The number of rotatable bonds is 7. The number of halogens is 3. The van der Waals surface area contributed by atoms with Crippen LogP contribution in [-0.4, -0.2) is 95.4 Å². The van der Waals surface area contributed by atoms with Gasteiger partial charge in [0.2, 0.25) is 0 Å². The highest BCUT2D eigenvalue weighted by Gasteiger charge is 2.36. The molecule has 0 aliphatic carbocycles. The number of hydrogen-bond acceptors (Lipinski definition) is 8. The van der Waals surface area contributed by atoms with Gasteiger partial charge in [-0.1, -0.05) is 35.9 Å². The van der Waals surface area contributed by atoms with Crippen LogP contribution in [0.4, 0.5) is 25.1 Å². The lowest BCUT2D eigenvalue weighted by Gasteiger charge is -2.41. The molecule has 10 nitrogen and oxygen atoms in total. The van der Waals surface area contributed by atoms with Gasteiger partial charge in [-0.25, -0.2) is 13.6 Å². The number of amides is 1. The fourth-order valence-corrected chi connectivity index (χ4v) is 6.82. The minimum atomic E-state index is -2.69. The van der Waals surface area contributed by atoms with Crippen molar-refractivity contribution in [2.75, 3.05) is 62.2 Å². The summed E-state index contributed by atoms with van der Waals surface area (Å²) in [6.07, 6.45) is -0.00712. The topological polar surface area (TPSA) is 109 Å². The van der Waals surface area contributed by atoms with Crippen LogP contribution in [-0.2, 0) is 13.0 Å². The second-order valence-electron chi connectivity index (χ2n) is 11.6. The number of piperazine rings is 1. The second-order valence-corrected chi connectivity index (χ2v) is 12.0. The maximum Gasteiger partial charge on any atom is 0.407 e. The summed E-state index contributed by atoms with van der Waals surface area (Å²) < 4.78 is 33.9. The molecule has 3 aliphatic rings. The molecule has 3 aliphatic heterocycles. The number of ether oxygens (including phenoxy) is 1. The molecule has 1 amide bonds. The lowest BCUT2D eigenvalue weighted by molar-refractivity contribution is -0.0658. The molecule has 1 aromatic heterocycles. The summed E-state index contributed by atoms with van der Waals surface area (Å²) in [5, 5.41) is 21.7. The Morgan fingerprint density at radius 3 is 2.73 bits per heavy atom. The van der Waals surface area contributed by atoms with Crippen molar-refractivity contribution in [3.63, 3.8) is 0 Å². The van der Waals surface area contributed by atoms with Crippen molar-refractivity contribution in [3.05, 3.63) is 52.7 Å². The first-order valence-corrected chi connectivity index (χ1v) is 15.3. The van der Waals surface area contributed by atoms with Gasteiger partial charge in [-0.2, -0.15) is 15.2 Å². The number of aromatic nitrogens is 2. The molecule has 1 N–H and O–H groups in total. The number of likely N-dealkylation sites (tertiary alicyclic amines) is 1. The van der Waals surface area contributed by atoms with E-state index in [-0.39, 0.29) is 38.5 Å². The van der Waals surface area contributed by atoms with Crippen molar-refractivity contribution < 1.29 is 23.4 Å². The molecule has 0 unspecified atom stereocenters.